The molecule has 0 heterocycles. The number of nitrogens with zero attached hydrogens (tertiary/aromatic N) is 1. The SMILES string of the molecule is CCCN(CC)CCNC(=O)c1cc(Cl)ccc1N. The van der Waals surface area contributed by atoms with Gasteiger partial charge in [-0.15, -0.1) is 0 Å². The number of likely N-dealkylation sites (N-methyl/N-ethyl adjacent to an activating group) is 1. The molecule has 0 aliphatic carbocycles. The van der Waals surface area contributed by atoms with E-state index in [9.17, 15) is 4.79 Å². The minimum Gasteiger partial charge on any atom is -0.398 e. The van der Waals surface area contributed by atoms with Crippen LogP contribution in [0.25, 0.3) is 0 Å². The standard InChI is InChI=1S/C14H22ClN3O/c1-3-8-18(4-2)9-7-17-14(19)12-10-11(15)5-6-13(12)16/h5-6,10H,3-4,7-9,16H2,1-2H3,(H,17,19). The molecule has 3 N–H and O–H groups in total. The van der Waals surface area contributed by atoms with Gasteiger partial charge in [-0.1, -0.05) is 25.4 Å². The molecule has 4 nitrogen and oxygen atoms in total. The Hall–Kier alpha value is -1.26. The first kappa shape index (κ1) is 15.8. The predicted molar refractivity (Wildman–Crippen MR) is 80.6 cm³/mol. The highest BCUT2D eigenvalue weighted by molar-refractivity contribution is 6.31. The Bertz CT molecular complexity index is 423. The van der Waals surface area contributed by atoms with Gasteiger partial charge in [-0.05, 0) is 37.7 Å². The number of rotatable bonds is 7. The molecule has 5 heteroatoms. The third-order valence-corrected chi connectivity index (χ3v) is 3.20. The largest absolute Gasteiger partial charge is 0.398 e. The van der Waals surface area contributed by atoms with E-state index in [0.717, 1.165) is 26.1 Å². The number of nitrogens with two attached hydrogens (primary N) is 1. The Labute approximate surface area is 119 Å². The maximum Gasteiger partial charge on any atom is 0.253 e. The van der Waals surface area contributed by atoms with Crippen molar-refractivity contribution in [1.29, 1.82) is 0 Å². The van der Waals surface area contributed by atoms with Gasteiger partial charge in [0.15, 0.2) is 0 Å². The van der Waals surface area contributed by atoms with Crippen molar-refractivity contribution in [2.24, 2.45) is 0 Å². The van der Waals surface area contributed by atoms with E-state index in [0.29, 0.717) is 22.8 Å². The molecule has 1 aromatic rings. The fourth-order valence-corrected chi connectivity index (χ4v) is 2.06. The lowest BCUT2D eigenvalue weighted by Crippen LogP contribution is -2.35. The zero-order valence-corrected chi connectivity index (χ0v) is 12.3. The molecule has 1 amide bonds. The molecular formula is C14H22ClN3O. The summed E-state index contributed by atoms with van der Waals surface area (Å²) in [4.78, 5) is 14.3. The van der Waals surface area contributed by atoms with E-state index < -0.39 is 0 Å². The van der Waals surface area contributed by atoms with Crippen LogP contribution in [-0.4, -0.2) is 37.0 Å². The van der Waals surface area contributed by atoms with Crippen LogP contribution in [0.5, 0.6) is 0 Å². The number of hydrogen-bond donors (Lipinski definition) is 2. The van der Waals surface area contributed by atoms with E-state index in [4.69, 9.17) is 17.3 Å². The number of halogens is 1. The summed E-state index contributed by atoms with van der Waals surface area (Å²) >= 11 is 5.87. The fraction of sp³-hybridized carbons (Fsp3) is 0.500. The summed E-state index contributed by atoms with van der Waals surface area (Å²) in [6.07, 6.45) is 1.11. The lowest BCUT2D eigenvalue weighted by atomic mass is 10.1. The van der Waals surface area contributed by atoms with Gasteiger partial charge in [0.05, 0.1) is 5.56 Å². The van der Waals surface area contributed by atoms with Crippen LogP contribution in [0.15, 0.2) is 18.2 Å². The van der Waals surface area contributed by atoms with Crippen molar-refractivity contribution < 1.29 is 4.79 Å². The first-order chi connectivity index (χ1) is 9.08. The maximum atomic E-state index is 12.0. The number of nitrogen functional groups attached to an aromatic ring is 1. The Morgan fingerprint density at radius 3 is 2.74 bits per heavy atom. The smallest absolute Gasteiger partial charge is 0.253 e. The zero-order valence-electron chi connectivity index (χ0n) is 11.6. The van der Waals surface area contributed by atoms with Gasteiger partial charge in [0.1, 0.15) is 0 Å². The molecule has 0 saturated heterocycles. The van der Waals surface area contributed by atoms with Crippen molar-refractivity contribution in [3.05, 3.63) is 28.8 Å². The van der Waals surface area contributed by atoms with E-state index >= 15 is 0 Å². The molecule has 0 spiro atoms. The Morgan fingerprint density at radius 2 is 2.11 bits per heavy atom. The quantitative estimate of drug-likeness (QED) is 0.756. The molecular weight excluding hydrogens is 262 g/mol. The number of carbonyl (C=O) groups excluding carboxylic acids is 1. The molecule has 106 valence electrons. The van der Waals surface area contributed by atoms with Gasteiger partial charge in [-0.3, -0.25) is 4.79 Å². The highest BCUT2D eigenvalue weighted by atomic mass is 35.5. The molecule has 0 aliphatic rings. The molecule has 19 heavy (non-hydrogen) atoms. The van der Waals surface area contributed by atoms with Crippen LogP contribution in [0, 0.1) is 0 Å². The average Bonchev–Trinajstić information content (AvgIpc) is 2.40. The van der Waals surface area contributed by atoms with Gasteiger partial charge in [0.25, 0.3) is 5.91 Å². The Morgan fingerprint density at radius 1 is 1.37 bits per heavy atom. The molecule has 0 aromatic heterocycles. The lowest BCUT2D eigenvalue weighted by molar-refractivity contribution is 0.0949. The normalized spacial score (nSPS) is 10.7. The van der Waals surface area contributed by atoms with Crippen LogP contribution in [0.1, 0.15) is 30.6 Å². The molecule has 0 fully saturated rings. The van der Waals surface area contributed by atoms with Gasteiger partial charge < -0.3 is 16.0 Å². The maximum absolute atomic E-state index is 12.0. The van der Waals surface area contributed by atoms with Gasteiger partial charge in [-0.25, -0.2) is 0 Å². The highest BCUT2D eigenvalue weighted by Crippen LogP contribution is 2.17. The predicted octanol–water partition coefficient (Wildman–Crippen LogP) is 2.38. The van der Waals surface area contributed by atoms with E-state index in [1.54, 1.807) is 18.2 Å². The van der Waals surface area contributed by atoms with Gasteiger partial charge >= 0.3 is 0 Å². The number of benzene rings is 1. The van der Waals surface area contributed by atoms with Crippen LogP contribution < -0.4 is 11.1 Å². The number of anilines is 1. The summed E-state index contributed by atoms with van der Waals surface area (Å²) in [5.74, 6) is -0.174. The van der Waals surface area contributed by atoms with E-state index in [1.165, 1.54) is 0 Å². The summed E-state index contributed by atoms with van der Waals surface area (Å²) in [7, 11) is 0. The molecule has 0 radical (unpaired) electrons. The topological polar surface area (TPSA) is 58.4 Å². The van der Waals surface area contributed by atoms with Gasteiger partial charge in [0.2, 0.25) is 0 Å². The van der Waals surface area contributed by atoms with Crippen molar-refractivity contribution >= 4 is 23.2 Å². The summed E-state index contributed by atoms with van der Waals surface area (Å²) in [6, 6.07) is 4.91. The van der Waals surface area contributed by atoms with E-state index in [2.05, 4.69) is 24.1 Å². The summed E-state index contributed by atoms with van der Waals surface area (Å²) in [6.45, 7) is 7.75. The second-order valence-electron chi connectivity index (χ2n) is 4.42. The fourth-order valence-electron chi connectivity index (χ4n) is 1.89. The second-order valence-corrected chi connectivity index (χ2v) is 4.86. The van der Waals surface area contributed by atoms with Crippen LogP contribution >= 0.6 is 11.6 Å². The van der Waals surface area contributed by atoms with E-state index in [1.807, 2.05) is 0 Å². The molecule has 0 unspecified atom stereocenters. The molecule has 1 aromatic carbocycles. The molecule has 0 aliphatic heterocycles. The zero-order chi connectivity index (χ0) is 14.3. The lowest BCUT2D eigenvalue weighted by Gasteiger charge is -2.19. The molecule has 0 atom stereocenters. The van der Waals surface area contributed by atoms with Crippen LogP contribution in [0.4, 0.5) is 5.69 Å². The third-order valence-electron chi connectivity index (χ3n) is 2.96. The molecule has 0 bridgehead atoms. The summed E-state index contributed by atoms with van der Waals surface area (Å²) in [5.41, 5.74) is 6.65. The number of amides is 1. The van der Waals surface area contributed by atoms with Crippen molar-refractivity contribution in [3.63, 3.8) is 0 Å². The van der Waals surface area contributed by atoms with Crippen molar-refractivity contribution in [2.45, 2.75) is 20.3 Å². The van der Waals surface area contributed by atoms with E-state index in [-0.39, 0.29) is 5.91 Å². The number of hydrogen-bond acceptors (Lipinski definition) is 3. The third kappa shape index (κ3) is 5.09. The minimum absolute atomic E-state index is 0.174. The van der Waals surface area contributed by atoms with Crippen LogP contribution in [0.3, 0.4) is 0 Å². The molecule has 1 rings (SSSR count). The van der Waals surface area contributed by atoms with Crippen molar-refractivity contribution in [1.82, 2.24) is 10.2 Å². The monoisotopic (exact) mass is 283 g/mol. The second kappa shape index (κ2) is 8.02. The van der Waals surface area contributed by atoms with Gasteiger partial charge in [0, 0.05) is 23.8 Å². The van der Waals surface area contributed by atoms with Crippen LogP contribution in [-0.2, 0) is 0 Å². The average molecular weight is 284 g/mol. The minimum atomic E-state index is -0.174. The summed E-state index contributed by atoms with van der Waals surface area (Å²) < 4.78 is 0. The highest BCUT2D eigenvalue weighted by Gasteiger charge is 2.10. The summed E-state index contributed by atoms with van der Waals surface area (Å²) in [5, 5.41) is 3.39. The Kier molecular flexibility index (Phi) is 6.67. The van der Waals surface area contributed by atoms with Crippen molar-refractivity contribution in [3.8, 4) is 0 Å². The first-order valence-corrected chi connectivity index (χ1v) is 7.01. The molecule has 0 saturated carbocycles. The number of nitrogens with one attached hydrogen (secondary N) is 1. The number of carbonyl (C=O) groups is 1. The van der Waals surface area contributed by atoms with Crippen LogP contribution in [0.2, 0.25) is 5.02 Å². The Balaban J connectivity index is 2.49. The van der Waals surface area contributed by atoms with Gasteiger partial charge in [-0.2, -0.15) is 0 Å². The van der Waals surface area contributed by atoms with Crippen molar-refractivity contribution in [2.75, 3.05) is 31.9 Å². The first-order valence-electron chi connectivity index (χ1n) is 6.64.